The predicted molar refractivity (Wildman–Crippen MR) is 58.9 cm³/mol. The molecular formula is C11H11N3O2. The van der Waals surface area contributed by atoms with Crippen LogP contribution in [0.5, 0.6) is 0 Å². The third-order valence-electron chi connectivity index (χ3n) is 2.66. The molecule has 1 aliphatic rings. The molecule has 5 heteroatoms. The van der Waals surface area contributed by atoms with E-state index in [4.69, 9.17) is 11.7 Å². The molecule has 1 aliphatic heterocycles. The fourth-order valence-electron chi connectivity index (χ4n) is 1.88. The van der Waals surface area contributed by atoms with Gasteiger partial charge in [-0.15, -0.1) is 4.98 Å². The zero-order chi connectivity index (χ0) is 11.5. The number of carboxylic acid groups (broad SMARTS) is 1. The molecule has 2 rings (SSSR count). The molecule has 2 heterocycles. The van der Waals surface area contributed by atoms with Crippen molar-refractivity contribution >= 4 is 17.5 Å². The lowest BCUT2D eigenvalue weighted by molar-refractivity contribution is 0.0697. The van der Waals surface area contributed by atoms with Crippen LogP contribution in [-0.2, 0) is 0 Å². The van der Waals surface area contributed by atoms with Crippen LogP contribution in [0, 0.1) is 6.57 Å². The Bertz CT molecular complexity index is 459. The number of rotatable bonds is 2. The van der Waals surface area contributed by atoms with Gasteiger partial charge in [-0.3, -0.25) is 0 Å². The van der Waals surface area contributed by atoms with Gasteiger partial charge >= 0.3 is 5.97 Å². The minimum Gasteiger partial charge on any atom is -0.478 e. The Morgan fingerprint density at radius 3 is 2.75 bits per heavy atom. The number of carboxylic acids is 1. The van der Waals surface area contributed by atoms with E-state index in [9.17, 15) is 4.79 Å². The molecule has 0 unspecified atom stereocenters. The molecule has 1 fully saturated rings. The average molecular weight is 217 g/mol. The molecule has 0 amide bonds. The highest BCUT2D eigenvalue weighted by Crippen LogP contribution is 2.26. The Hall–Kier alpha value is -2.09. The van der Waals surface area contributed by atoms with E-state index >= 15 is 0 Å². The van der Waals surface area contributed by atoms with E-state index in [0.29, 0.717) is 5.69 Å². The first-order valence-corrected chi connectivity index (χ1v) is 5.08. The van der Waals surface area contributed by atoms with Crippen LogP contribution in [0.4, 0.5) is 11.5 Å². The molecule has 16 heavy (non-hydrogen) atoms. The SMILES string of the molecule is [C-]#[N+]c1cc(C(=O)O)c(N2CCCC2)cn1. The molecule has 0 bridgehead atoms. The number of anilines is 1. The normalized spacial score (nSPS) is 14.8. The summed E-state index contributed by atoms with van der Waals surface area (Å²) in [5, 5.41) is 9.09. The fourth-order valence-corrected chi connectivity index (χ4v) is 1.88. The Kier molecular flexibility index (Phi) is 2.73. The molecule has 0 aliphatic carbocycles. The maximum Gasteiger partial charge on any atom is 0.336 e. The molecule has 0 aromatic carbocycles. The molecule has 1 aromatic rings. The van der Waals surface area contributed by atoms with Gasteiger partial charge in [-0.2, -0.15) is 0 Å². The number of nitrogens with zero attached hydrogens (tertiary/aromatic N) is 3. The summed E-state index contributed by atoms with van der Waals surface area (Å²) in [5.41, 5.74) is 0.792. The van der Waals surface area contributed by atoms with Gasteiger partial charge in [0.05, 0.1) is 11.3 Å². The Labute approximate surface area is 93.2 Å². The number of pyridine rings is 1. The van der Waals surface area contributed by atoms with Gasteiger partial charge in [0.15, 0.2) is 0 Å². The molecule has 0 atom stereocenters. The highest BCUT2D eigenvalue weighted by Gasteiger charge is 2.21. The lowest BCUT2D eigenvalue weighted by Gasteiger charge is -2.18. The summed E-state index contributed by atoms with van der Waals surface area (Å²) in [4.78, 5) is 20.2. The van der Waals surface area contributed by atoms with Crippen molar-refractivity contribution in [1.29, 1.82) is 0 Å². The topological polar surface area (TPSA) is 57.8 Å². The Morgan fingerprint density at radius 2 is 2.19 bits per heavy atom. The maximum absolute atomic E-state index is 11.1. The van der Waals surface area contributed by atoms with Gasteiger partial charge in [-0.1, -0.05) is 6.57 Å². The quantitative estimate of drug-likeness (QED) is 0.769. The largest absolute Gasteiger partial charge is 0.478 e. The van der Waals surface area contributed by atoms with Crippen molar-refractivity contribution in [2.24, 2.45) is 0 Å². The van der Waals surface area contributed by atoms with Crippen molar-refractivity contribution in [2.45, 2.75) is 12.8 Å². The van der Waals surface area contributed by atoms with Gasteiger partial charge in [0.25, 0.3) is 5.82 Å². The van der Waals surface area contributed by atoms with E-state index in [0.717, 1.165) is 25.9 Å². The molecule has 1 aromatic heterocycles. The van der Waals surface area contributed by atoms with Gasteiger partial charge in [-0.05, 0) is 18.9 Å². The van der Waals surface area contributed by atoms with Crippen molar-refractivity contribution in [3.63, 3.8) is 0 Å². The maximum atomic E-state index is 11.1. The van der Waals surface area contributed by atoms with Gasteiger partial charge in [0.2, 0.25) is 0 Å². The smallest absolute Gasteiger partial charge is 0.336 e. The summed E-state index contributed by atoms with van der Waals surface area (Å²) in [5.74, 6) is -0.880. The zero-order valence-corrected chi connectivity index (χ0v) is 8.68. The number of hydrogen-bond acceptors (Lipinski definition) is 3. The summed E-state index contributed by atoms with van der Waals surface area (Å²) in [6.45, 7) is 8.54. The van der Waals surface area contributed by atoms with Crippen LogP contribution in [-0.4, -0.2) is 29.1 Å². The Balaban J connectivity index is 2.44. The third kappa shape index (κ3) is 1.82. The number of aromatic carboxylic acids is 1. The fraction of sp³-hybridized carbons (Fsp3) is 0.364. The van der Waals surface area contributed by atoms with Crippen molar-refractivity contribution in [2.75, 3.05) is 18.0 Å². The standard InChI is InChI=1S/C11H11N3O2/c1-12-10-6-8(11(15)16)9(7-13-10)14-4-2-3-5-14/h6-7H,2-5H2,(H,15,16). The van der Waals surface area contributed by atoms with Crippen molar-refractivity contribution in [3.8, 4) is 0 Å². The minimum absolute atomic E-state index is 0.125. The third-order valence-corrected chi connectivity index (χ3v) is 2.66. The number of hydrogen-bond donors (Lipinski definition) is 1. The number of aromatic nitrogens is 1. The van der Waals surface area contributed by atoms with Crippen LogP contribution in [0.15, 0.2) is 12.3 Å². The van der Waals surface area contributed by atoms with Crippen LogP contribution < -0.4 is 4.90 Å². The molecule has 0 saturated carbocycles. The van der Waals surface area contributed by atoms with Crippen LogP contribution in [0.25, 0.3) is 4.85 Å². The molecule has 0 radical (unpaired) electrons. The lowest BCUT2D eigenvalue weighted by Crippen LogP contribution is -2.20. The van der Waals surface area contributed by atoms with Crippen LogP contribution in [0.1, 0.15) is 23.2 Å². The molecular weight excluding hydrogens is 206 g/mol. The summed E-state index contributed by atoms with van der Waals surface area (Å²) >= 11 is 0. The first-order valence-electron chi connectivity index (χ1n) is 5.08. The molecule has 82 valence electrons. The van der Waals surface area contributed by atoms with E-state index in [1.807, 2.05) is 4.90 Å². The molecule has 5 nitrogen and oxygen atoms in total. The second kappa shape index (κ2) is 4.19. The zero-order valence-electron chi connectivity index (χ0n) is 8.68. The lowest BCUT2D eigenvalue weighted by atomic mass is 10.2. The molecule has 1 saturated heterocycles. The Morgan fingerprint density at radius 1 is 1.50 bits per heavy atom. The predicted octanol–water partition coefficient (Wildman–Crippen LogP) is 1.93. The highest BCUT2D eigenvalue weighted by molar-refractivity contribution is 5.95. The van der Waals surface area contributed by atoms with E-state index in [2.05, 4.69) is 9.83 Å². The van der Waals surface area contributed by atoms with Crippen molar-refractivity contribution < 1.29 is 9.90 Å². The summed E-state index contributed by atoms with van der Waals surface area (Å²) in [6.07, 6.45) is 3.63. The van der Waals surface area contributed by atoms with Crippen molar-refractivity contribution in [1.82, 2.24) is 4.98 Å². The first-order chi connectivity index (χ1) is 7.72. The van der Waals surface area contributed by atoms with Crippen LogP contribution in [0.3, 0.4) is 0 Å². The van der Waals surface area contributed by atoms with Crippen molar-refractivity contribution in [3.05, 3.63) is 29.2 Å². The minimum atomic E-state index is -1.01. The van der Waals surface area contributed by atoms with Gasteiger partial charge < -0.3 is 14.9 Å². The van der Waals surface area contributed by atoms with Crippen LogP contribution in [0.2, 0.25) is 0 Å². The summed E-state index contributed by atoms with van der Waals surface area (Å²) in [7, 11) is 0. The van der Waals surface area contributed by atoms with Gasteiger partial charge in [0, 0.05) is 13.1 Å². The van der Waals surface area contributed by atoms with Crippen LogP contribution >= 0.6 is 0 Å². The highest BCUT2D eigenvalue weighted by atomic mass is 16.4. The molecule has 1 N–H and O–H groups in total. The second-order valence-corrected chi connectivity index (χ2v) is 3.67. The first kappa shape index (κ1) is 10.4. The van der Waals surface area contributed by atoms with Gasteiger partial charge in [0.1, 0.15) is 6.20 Å². The monoisotopic (exact) mass is 217 g/mol. The van der Waals surface area contributed by atoms with E-state index < -0.39 is 5.97 Å². The van der Waals surface area contributed by atoms with Gasteiger partial charge in [-0.25, -0.2) is 4.79 Å². The van der Waals surface area contributed by atoms with E-state index in [1.54, 1.807) is 0 Å². The number of carbonyl (C=O) groups is 1. The molecule has 0 spiro atoms. The van der Waals surface area contributed by atoms with E-state index in [1.165, 1.54) is 12.3 Å². The second-order valence-electron chi connectivity index (χ2n) is 3.67. The average Bonchev–Trinajstić information content (AvgIpc) is 2.81. The summed E-state index contributed by atoms with van der Waals surface area (Å²) in [6, 6.07) is 1.34. The van der Waals surface area contributed by atoms with E-state index in [-0.39, 0.29) is 11.4 Å². The summed E-state index contributed by atoms with van der Waals surface area (Å²) < 4.78 is 0.